The molecule has 0 unspecified atom stereocenters. The number of nitrogens with zero attached hydrogens (tertiary/aromatic N) is 1. The Kier molecular flexibility index (Phi) is 11.7. The Balaban J connectivity index is 0.00000385. The average molecular weight is 469 g/mol. The van der Waals surface area contributed by atoms with E-state index in [9.17, 15) is 9.59 Å². The molecule has 2 aliphatic rings. The van der Waals surface area contributed by atoms with Crippen molar-refractivity contribution in [1.29, 1.82) is 0 Å². The molecule has 0 bridgehead atoms. The first kappa shape index (κ1) is 27.7. The van der Waals surface area contributed by atoms with Gasteiger partial charge in [0.15, 0.2) is 11.5 Å². The van der Waals surface area contributed by atoms with Crippen LogP contribution in [0.4, 0.5) is 0 Å². The van der Waals surface area contributed by atoms with Crippen molar-refractivity contribution < 1.29 is 24.2 Å². The molecule has 0 aromatic heterocycles. The molecule has 2 N–H and O–H groups in total. The van der Waals surface area contributed by atoms with Crippen LogP contribution in [0.5, 0.6) is 11.5 Å². The predicted octanol–water partition coefficient (Wildman–Crippen LogP) is 2.93. The van der Waals surface area contributed by atoms with Crippen LogP contribution < -0.4 is 14.8 Å². The molecule has 0 radical (unpaired) electrons. The molecule has 1 aliphatic heterocycles. The summed E-state index contributed by atoms with van der Waals surface area (Å²) in [6.45, 7) is 5.08. The van der Waals surface area contributed by atoms with Gasteiger partial charge in [0, 0.05) is 18.7 Å². The first-order chi connectivity index (χ1) is 15.4. The van der Waals surface area contributed by atoms with Gasteiger partial charge in [-0.2, -0.15) is 0 Å². The summed E-state index contributed by atoms with van der Waals surface area (Å²) in [5.41, 5.74) is 0.873. The van der Waals surface area contributed by atoms with Gasteiger partial charge in [-0.3, -0.25) is 14.5 Å². The van der Waals surface area contributed by atoms with E-state index in [2.05, 4.69) is 17.1 Å². The average Bonchev–Trinajstić information content (AvgIpc) is 2.80. The van der Waals surface area contributed by atoms with Crippen molar-refractivity contribution in [3.05, 3.63) is 29.8 Å². The third-order valence-electron chi connectivity index (χ3n) is 6.58. The van der Waals surface area contributed by atoms with Crippen LogP contribution in [0.1, 0.15) is 51.0 Å². The van der Waals surface area contributed by atoms with Gasteiger partial charge in [0.1, 0.15) is 6.61 Å². The zero-order chi connectivity index (χ0) is 22.9. The van der Waals surface area contributed by atoms with Crippen LogP contribution in [0.25, 0.3) is 6.08 Å². The molecule has 1 saturated heterocycles. The summed E-state index contributed by atoms with van der Waals surface area (Å²) in [6, 6.07) is 5.90. The van der Waals surface area contributed by atoms with E-state index in [1.54, 1.807) is 19.3 Å². The van der Waals surface area contributed by atoms with E-state index in [1.807, 2.05) is 18.2 Å². The summed E-state index contributed by atoms with van der Waals surface area (Å²) < 4.78 is 11.4. The van der Waals surface area contributed by atoms with Crippen molar-refractivity contribution in [3.8, 4) is 11.5 Å². The molecule has 1 amide bonds. The first-order valence-electron chi connectivity index (χ1n) is 11.7. The van der Waals surface area contributed by atoms with E-state index in [1.165, 1.54) is 12.8 Å². The third-order valence-corrected chi connectivity index (χ3v) is 6.58. The number of amides is 1. The number of likely N-dealkylation sites (tertiary alicyclic amines) is 1. The molecule has 1 aromatic rings. The second-order valence-corrected chi connectivity index (χ2v) is 9.01. The standard InChI is InChI=1S/C25H36N2O5.Na.H/c1-18-3-7-21(8-4-18)26-24(28)10-6-19-5-9-22(23(17-19)31-2)32-16-15-27-13-11-20(12-14-27)25(29)30;;/h5-6,9-10,17-18,20-21H,3-4,7-8,11-16H2,1-2H3,(H,26,28)(H,29,30);;/b10-6+;;/t18-,21-;;. The Morgan fingerprint density at radius 1 is 1.12 bits per heavy atom. The van der Waals surface area contributed by atoms with Crippen molar-refractivity contribution in [2.24, 2.45) is 11.8 Å². The van der Waals surface area contributed by atoms with Gasteiger partial charge in [-0.15, -0.1) is 0 Å². The van der Waals surface area contributed by atoms with Crippen molar-refractivity contribution in [3.63, 3.8) is 0 Å². The van der Waals surface area contributed by atoms with Gasteiger partial charge in [-0.05, 0) is 81.3 Å². The van der Waals surface area contributed by atoms with Gasteiger partial charge in [0.25, 0.3) is 0 Å². The predicted molar refractivity (Wildman–Crippen MR) is 131 cm³/mol. The SMILES string of the molecule is COc1cc(/C=C/C(=O)N[C@H]2CC[C@H](C)CC2)ccc1OCCN1CCC(C(=O)O)CC1.[NaH]. The van der Waals surface area contributed by atoms with Crippen LogP contribution in [0.15, 0.2) is 24.3 Å². The third kappa shape index (κ3) is 8.96. The number of benzene rings is 1. The molecule has 0 atom stereocenters. The number of nitrogens with one attached hydrogen (secondary N) is 1. The maximum atomic E-state index is 12.2. The number of hydrogen-bond donors (Lipinski definition) is 2. The Labute approximate surface area is 219 Å². The molecular formula is C25H37N2NaO5. The zero-order valence-corrected chi connectivity index (χ0v) is 19.2. The Bertz CT molecular complexity index is 800. The van der Waals surface area contributed by atoms with Crippen LogP contribution in [0.2, 0.25) is 0 Å². The summed E-state index contributed by atoms with van der Waals surface area (Å²) in [5, 5.41) is 12.2. The Hall–Kier alpha value is -1.54. The van der Waals surface area contributed by atoms with E-state index in [-0.39, 0.29) is 47.4 Å². The van der Waals surface area contributed by atoms with Crippen LogP contribution >= 0.6 is 0 Å². The van der Waals surface area contributed by atoms with Gasteiger partial charge >= 0.3 is 35.5 Å². The van der Waals surface area contributed by atoms with E-state index < -0.39 is 5.97 Å². The molecule has 3 rings (SSSR count). The molecule has 1 aliphatic carbocycles. The molecular weight excluding hydrogens is 431 g/mol. The fourth-order valence-corrected chi connectivity index (χ4v) is 4.42. The number of hydrogen-bond acceptors (Lipinski definition) is 5. The molecule has 2 fully saturated rings. The number of piperidine rings is 1. The van der Waals surface area contributed by atoms with E-state index >= 15 is 0 Å². The number of rotatable bonds is 9. The molecule has 7 nitrogen and oxygen atoms in total. The van der Waals surface area contributed by atoms with Gasteiger partial charge in [-0.25, -0.2) is 0 Å². The van der Waals surface area contributed by atoms with Gasteiger partial charge in [-0.1, -0.05) is 13.0 Å². The zero-order valence-electron chi connectivity index (χ0n) is 19.2. The normalized spacial score (nSPS) is 21.9. The Morgan fingerprint density at radius 2 is 1.82 bits per heavy atom. The summed E-state index contributed by atoms with van der Waals surface area (Å²) in [6.07, 6.45) is 9.20. The summed E-state index contributed by atoms with van der Waals surface area (Å²) >= 11 is 0. The van der Waals surface area contributed by atoms with Gasteiger partial charge in [0.05, 0.1) is 13.0 Å². The van der Waals surface area contributed by atoms with Crippen molar-refractivity contribution in [2.75, 3.05) is 33.4 Å². The fourth-order valence-electron chi connectivity index (χ4n) is 4.42. The maximum absolute atomic E-state index is 12.2. The fraction of sp³-hybridized carbons (Fsp3) is 0.600. The second-order valence-electron chi connectivity index (χ2n) is 9.01. The minimum absolute atomic E-state index is 0. The molecule has 8 heteroatoms. The van der Waals surface area contributed by atoms with Crippen LogP contribution in [-0.4, -0.2) is 90.8 Å². The van der Waals surface area contributed by atoms with Crippen molar-refractivity contribution in [2.45, 2.75) is 51.5 Å². The monoisotopic (exact) mass is 468 g/mol. The topological polar surface area (TPSA) is 88.1 Å². The molecule has 1 heterocycles. The number of methoxy groups -OCH3 is 1. The van der Waals surface area contributed by atoms with E-state index in [0.29, 0.717) is 30.9 Å². The number of carbonyl (C=O) groups excluding carboxylic acids is 1. The summed E-state index contributed by atoms with van der Waals surface area (Å²) in [4.78, 5) is 25.5. The first-order valence-corrected chi connectivity index (χ1v) is 11.7. The molecule has 33 heavy (non-hydrogen) atoms. The number of carboxylic acid groups (broad SMARTS) is 1. The quantitative estimate of drug-likeness (QED) is 0.428. The van der Waals surface area contributed by atoms with Crippen LogP contribution in [0, 0.1) is 11.8 Å². The number of carbonyl (C=O) groups is 2. The molecule has 0 spiro atoms. The summed E-state index contributed by atoms with van der Waals surface area (Å²) in [7, 11) is 1.60. The van der Waals surface area contributed by atoms with E-state index in [4.69, 9.17) is 14.6 Å². The second kappa shape index (κ2) is 14.0. The number of ether oxygens (including phenoxy) is 2. The minimum atomic E-state index is -0.694. The van der Waals surface area contributed by atoms with E-state index in [0.717, 1.165) is 44.0 Å². The van der Waals surface area contributed by atoms with Gasteiger partial charge in [0.2, 0.25) is 5.91 Å². The van der Waals surface area contributed by atoms with Crippen LogP contribution in [-0.2, 0) is 9.59 Å². The number of aliphatic carboxylic acids is 1. The van der Waals surface area contributed by atoms with Crippen molar-refractivity contribution >= 4 is 47.5 Å². The molecule has 178 valence electrons. The summed E-state index contributed by atoms with van der Waals surface area (Å²) in [5.74, 6) is 1.07. The Morgan fingerprint density at radius 3 is 2.45 bits per heavy atom. The van der Waals surface area contributed by atoms with Gasteiger partial charge < -0.3 is 19.9 Å². The van der Waals surface area contributed by atoms with Crippen LogP contribution in [0.3, 0.4) is 0 Å². The molecule has 1 aromatic carbocycles. The number of carboxylic acids is 1. The molecule has 1 saturated carbocycles. The van der Waals surface area contributed by atoms with Crippen molar-refractivity contribution in [1.82, 2.24) is 10.2 Å².